The van der Waals surface area contributed by atoms with Crippen LogP contribution in [0, 0.1) is 0 Å². The van der Waals surface area contributed by atoms with Gasteiger partial charge < -0.3 is 10.2 Å². The number of carbonyl (C=O) groups is 2. The topological polar surface area (TPSA) is 74.6 Å². The van der Waals surface area contributed by atoms with Gasteiger partial charge in [0.1, 0.15) is 0 Å². The minimum absolute atomic E-state index is 0.112. The molecule has 2 N–H and O–H groups in total. The molecule has 0 radical (unpaired) electrons. The first-order valence-corrected chi connectivity index (χ1v) is 7.22. The maximum Gasteiger partial charge on any atom is 0.331 e. The standard InChI is InChI=1S/C15H26O4/c1-2-3-4-5-6-7-8-9-10-13(15(18)19)11-12-14(16)17/h10H,2-9,11-12H2,1H3,(H,16,17)(H,18,19). The van der Waals surface area contributed by atoms with Crippen LogP contribution in [-0.4, -0.2) is 22.2 Å². The lowest BCUT2D eigenvalue weighted by molar-refractivity contribution is -0.137. The summed E-state index contributed by atoms with van der Waals surface area (Å²) in [6.07, 6.45) is 10.8. The summed E-state index contributed by atoms with van der Waals surface area (Å²) in [7, 11) is 0. The summed E-state index contributed by atoms with van der Waals surface area (Å²) < 4.78 is 0. The fraction of sp³-hybridized carbons (Fsp3) is 0.733. The van der Waals surface area contributed by atoms with Crippen molar-refractivity contribution in [3.05, 3.63) is 11.6 Å². The van der Waals surface area contributed by atoms with E-state index >= 15 is 0 Å². The normalized spacial score (nSPS) is 11.5. The van der Waals surface area contributed by atoms with Gasteiger partial charge in [0.25, 0.3) is 0 Å². The maximum atomic E-state index is 10.9. The average Bonchev–Trinajstić information content (AvgIpc) is 2.35. The molecule has 0 aliphatic heterocycles. The van der Waals surface area contributed by atoms with E-state index in [-0.39, 0.29) is 18.4 Å². The molecule has 0 saturated heterocycles. The van der Waals surface area contributed by atoms with Gasteiger partial charge in [-0.2, -0.15) is 0 Å². The molecule has 19 heavy (non-hydrogen) atoms. The summed E-state index contributed by atoms with van der Waals surface area (Å²) in [5.74, 6) is -1.95. The molecule has 0 saturated carbocycles. The van der Waals surface area contributed by atoms with Gasteiger partial charge in [0, 0.05) is 12.0 Å². The van der Waals surface area contributed by atoms with Gasteiger partial charge >= 0.3 is 11.9 Å². The fourth-order valence-corrected chi connectivity index (χ4v) is 1.92. The van der Waals surface area contributed by atoms with E-state index in [1.165, 1.54) is 32.1 Å². The van der Waals surface area contributed by atoms with Crippen LogP contribution in [0.5, 0.6) is 0 Å². The third-order valence-electron chi connectivity index (χ3n) is 3.08. The lowest BCUT2D eigenvalue weighted by Crippen LogP contribution is -2.04. The molecule has 110 valence electrons. The lowest BCUT2D eigenvalue weighted by atomic mass is 10.1. The highest BCUT2D eigenvalue weighted by Crippen LogP contribution is 2.12. The van der Waals surface area contributed by atoms with Crippen molar-refractivity contribution in [3.8, 4) is 0 Å². The highest BCUT2D eigenvalue weighted by Gasteiger charge is 2.08. The first kappa shape index (κ1) is 17.7. The summed E-state index contributed by atoms with van der Waals surface area (Å²) >= 11 is 0. The summed E-state index contributed by atoms with van der Waals surface area (Å²) in [5.41, 5.74) is 0.230. The highest BCUT2D eigenvalue weighted by atomic mass is 16.4. The van der Waals surface area contributed by atoms with E-state index in [1.54, 1.807) is 6.08 Å². The molecule has 0 fully saturated rings. The molecule has 0 rings (SSSR count). The van der Waals surface area contributed by atoms with Crippen LogP contribution in [0.3, 0.4) is 0 Å². The monoisotopic (exact) mass is 270 g/mol. The third-order valence-corrected chi connectivity index (χ3v) is 3.08. The van der Waals surface area contributed by atoms with Crippen LogP contribution in [0.2, 0.25) is 0 Å². The van der Waals surface area contributed by atoms with Crippen LogP contribution in [0.25, 0.3) is 0 Å². The minimum atomic E-state index is -0.996. The number of allylic oxidation sites excluding steroid dienone is 1. The van der Waals surface area contributed by atoms with Crippen LogP contribution in [0.1, 0.15) is 71.1 Å². The summed E-state index contributed by atoms with van der Waals surface area (Å²) in [6.45, 7) is 2.19. The molecule has 0 aliphatic rings. The molecule has 0 spiro atoms. The molecule has 0 aromatic heterocycles. The Balaban J connectivity index is 3.73. The molecule has 0 aliphatic carbocycles. The number of carboxylic acids is 2. The predicted octanol–water partition coefficient (Wildman–Crippen LogP) is 4.00. The van der Waals surface area contributed by atoms with Crippen LogP contribution in [-0.2, 0) is 9.59 Å². The third kappa shape index (κ3) is 11.5. The second-order valence-corrected chi connectivity index (χ2v) is 4.84. The Kier molecular flexibility index (Phi) is 10.9. The number of aliphatic carboxylic acids is 2. The van der Waals surface area contributed by atoms with E-state index in [9.17, 15) is 9.59 Å². The molecular weight excluding hydrogens is 244 g/mol. The number of hydrogen-bond acceptors (Lipinski definition) is 2. The highest BCUT2D eigenvalue weighted by molar-refractivity contribution is 5.87. The molecule has 0 unspecified atom stereocenters. The van der Waals surface area contributed by atoms with Crippen molar-refractivity contribution >= 4 is 11.9 Å². The summed E-state index contributed by atoms with van der Waals surface area (Å²) in [4.78, 5) is 21.3. The van der Waals surface area contributed by atoms with E-state index in [0.717, 1.165) is 19.3 Å². The zero-order valence-electron chi connectivity index (χ0n) is 11.9. The Bertz CT molecular complexity index is 295. The van der Waals surface area contributed by atoms with Gasteiger partial charge in [-0.15, -0.1) is 0 Å². The minimum Gasteiger partial charge on any atom is -0.481 e. The molecule has 0 bridgehead atoms. The largest absolute Gasteiger partial charge is 0.481 e. The fourth-order valence-electron chi connectivity index (χ4n) is 1.92. The van der Waals surface area contributed by atoms with Gasteiger partial charge in [-0.25, -0.2) is 4.79 Å². The van der Waals surface area contributed by atoms with Gasteiger partial charge in [0.15, 0.2) is 0 Å². The summed E-state index contributed by atoms with van der Waals surface area (Å²) in [6, 6.07) is 0. The van der Waals surface area contributed by atoms with E-state index in [0.29, 0.717) is 0 Å². The number of rotatable bonds is 12. The van der Waals surface area contributed by atoms with E-state index < -0.39 is 11.9 Å². The first-order valence-electron chi connectivity index (χ1n) is 7.22. The molecule has 0 aromatic rings. The zero-order chi connectivity index (χ0) is 14.5. The van der Waals surface area contributed by atoms with Crippen LogP contribution in [0.4, 0.5) is 0 Å². The first-order chi connectivity index (χ1) is 9.07. The average molecular weight is 270 g/mol. The van der Waals surface area contributed by atoms with Crippen molar-refractivity contribution in [3.63, 3.8) is 0 Å². The molecule has 0 heterocycles. The summed E-state index contributed by atoms with van der Waals surface area (Å²) in [5, 5.41) is 17.5. The van der Waals surface area contributed by atoms with Crippen molar-refractivity contribution in [2.24, 2.45) is 0 Å². The van der Waals surface area contributed by atoms with Gasteiger partial charge in [-0.3, -0.25) is 4.79 Å². The Morgan fingerprint density at radius 3 is 2.00 bits per heavy atom. The number of unbranched alkanes of at least 4 members (excludes halogenated alkanes) is 7. The van der Waals surface area contributed by atoms with Crippen molar-refractivity contribution < 1.29 is 19.8 Å². The van der Waals surface area contributed by atoms with Crippen LogP contribution in [0.15, 0.2) is 11.6 Å². The second-order valence-electron chi connectivity index (χ2n) is 4.84. The smallest absolute Gasteiger partial charge is 0.331 e. The molecular formula is C15H26O4. The van der Waals surface area contributed by atoms with Crippen molar-refractivity contribution in [1.29, 1.82) is 0 Å². The SMILES string of the molecule is CCCCCCCCCC=C(CCC(=O)O)C(=O)O. The Labute approximate surface area is 115 Å². The Morgan fingerprint density at radius 2 is 1.47 bits per heavy atom. The Hall–Kier alpha value is -1.32. The van der Waals surface area contributed by atoms with Crippen LogP contribution < -0.4 is 0 Å². The molecule has 4 heteroatoms. The van der Waals surface area contributed by atoms with Crippen molar-refractivity contribution in [2.45, 2.75) is 71.1 Å². The van der Waals surface area contributed by atoms with Crippen molar-refractivity contribution in [2.75, 3.05) is 0 Å². The quantitative estimate of drug-likeness (QED) is 0.415. The molecule has 0 aromatic carbocycles. The Morgan fingerprint density at radius 1 is 0.895 bits per heavy atom. The molecule has 4 nitrogen and oxygen atoms in total. The van der Waals surface area contributed by atoms with Crippen molar-refractivity contribution in [1.82, 2.24) is 0 Å². The van der Waals surface area contributed by atoms with E-state index in [2.05, 4.69) is 6.92 Å². The second kappa shape index (κ2) is 11.8. The molecule has 0 amide bonds. The predicted molar refractivity (Wildman–Crippen MR) is 75.2 cm³/mol. The zero-order valence-corrected chi connectivity index (χ0v) is 11.9. The van der Waals surface area contributed by atoms with Crippen LogP contribution >= 0.6 is 0 Å². The molecule has 0 atom stereocenters. The number of carboxylic acid groups (broad SMARTS) is 2. The van der Waals surface area contributed by atoms with Gasteiger partial charge in [-0.1, -0.05) is 51.5 Å². The van der Waals surface area contributed by atoms with Gasteiger partial charge in [0.05, 0.1) is 0 Å². The van der Waals surface area contributed by atoms with Gasteiger partial charge in [-0.05, 0) is 19.3 Å². The van der Waals surface area contributed by atoms with Gasteiger partial charge in [0.2, 0.25) is 0 Å². The van der Waals surface area contributed by atoms with E-state index in [4.69, 9.17) is 10.2 Å². The lowest BCUT2D eigenvalue weighted by Gasteiger charge is -2.01. The van der Waals surface area contributed by atoms with E-state index in [1.807, 2.05) is 0 Å². The number of hydrogen-bond donors (Lipinski definition) is 2. The maximum absolute atomic E-state index is 10.9.